The minimum absolute atomic E-state index is 0.00752. The lowest BCUT2D eigenvalue weighted by Gasteiger charge is -2.14. The van der Waals surface area contributed by atoms with Gasteiger partial charge in [0, 0.05) is 32.8 Å². The van der Waals surface area contributed by atoms with E-state index in [0.29, 0.717) is 32.7 Å². The third-order valence-electron chi connectivity index (χ3n) is 4.73. The molecular weight excluding hydrogens is 457 g/mol. The van der Waals surface area contributed by atoms with Crippen LogP contribution in [0.1, 0.15) is 28.6 Å². The highest BCUT2D eigenvalue weighted by Crippen LogP contribution is 2.36. The molecule has 1 aliphatic heterocycles. The van der Waals surface area contributed by atoms with Gasteiger partial charge in [-0.15, -0.1) is 0 Å². The lowest BCUT2D eigenvalue weighted by atomic mass is 10.1. The molecule has 2 aromatic carbocycles. The zero-order valence-corrected chi connectivity index (χ0v) is 18.6. The van der Waals surface area contributed by atoms with Crippen molar-refractivity contribution in [1.82, 2.24) is 4.90 Å². The molecule has 5 nitrogen and oxygen atoms in total. The molecule has 1 aliphatic rings. The number of rotatable bonds is 5. The van der Waals surface area contributed by atoms with Crippen LogP contribution in [0.5, 0.6) is 0 Å². The Morgan fingerprint density at radius 3 is 2.35 bits per heavy atom. The number of ketones is 1. The van der Waals surface area contributed by atoms with Crippen molar-refractivity contribution >= 4 is 58.0 Å². The number of thioether (sulfide) groups is 1. The third kappa shape index (κ3) is 4.46. The van der Waals surface area contributed by atoms with Gasteiger partial charge in [-0.3, -0.25) is 19.3 Å². The molecule has 4 rings (SSSR count). The number of halogens is 2. The Morgan fingerprint density at radius 1 is 1.03 bits per heavy atom. The van der Waals surface area contributed by atoms with Crippen LogP contribution >= 0.6 is 35.0 Å². The number of amides is 2. The van der Waals surface area contributed by atoms with E-state index in [1.54, 1.807) is 54.6 Å². The summed E-state index contributed by atoms with van der Waals surface area (Å²) >= 11 is 13.2. The monoisotopic (exact) mass is 471 g/mol. The average molecular weight is 472 g/mol. The van der Waals surface area contributed by atoms with Crippen molar-refractivity contribution < 1.29 is 18.8 Å². The maximum Gasteiger partial charge on any atom is 0.293 e. The van der Waals surface area contributed by atoms with Gasteiger partial charge in [0.1, 0.15) is 11.5 Å². The zero-order valence-electron chi connectivity index (χ0n) is 16.2. The molecule has 1 aromatic heterocycles. The first-order valence-electron chi connectivity index (χ1n) is 9.23. The number of hydrogen-bond donors (Lipinski definition) is 0. The fraction of sp³-hybridized carbons (Fsp3) is 0.0870. The summed E-state index contributed by atoms with van der Waals surface area (Å²) in [7, 11) is 0. The first-order chi connectivity index (χ1) is 14.8. The molecule has 0 bridgehead atoms. The largest absolute Gasteiger partial charge is 0.457 e. The quantitative estimate of drug-likeness (QED) is 0.306. The van der Waals surface area contributed by atoms with Crippen LogP contribution in [0, 0.1) is 0 Å². The number of Topliss-reactive ketones (excluding diaryl/α,β-unsaturated/α-hetero) is 1. The second-order valence-electron chi connectivity index (χ2n) is 6.80. The van der Waals surface area contributed by atoms with Crippen LogP contribution in [-0.4, -0.2) is 21.8 Å². The molecule has 1 fully saturated rings. The van der Waals surface area contributed by atoms with E-state index in [1.165, 1.54) is 13.0 Å². The summed E-state index contributed by atoms with van der Waals surface area (Å²) in [5.41, 5.74) is 1.93. The van der Waals surface area contributed by atoms with Crippen LogP contribution in [0.4, 0.5) is 4.79 Å². The van der Waals surface area contributed by atoms with Crippen LogP contribution in [-0.2, 0) is 11.3 Å². The number of imide groups is 1. The Morgan fingerprint density at radius 2 is 1.71 bits per heavy atom. The summed E-state index contributed by atoms with van der Waals surface area (Å²) < 4.78 is 5.81. The van der Waals surface area contributed by atoms with Crippen LogP contribution in [0.15, 0.2) is 63.9 Å². The topological polar surface area (TPSA) is 67.6 Å². The van der Waals surface area contributed by atoms with Crippen LogP contribution in [0.2, 0.25) is 10.0 Å². The van der Waals surface area contributed by atoms with Gasteiger partial charge in [0.15, 0.2) is 5.78 Å². The van der Waals surface area contributed by atoms with Crippen molar-refractivity contribution in [3.8, 4) is 11.3 Å². The van der Waals surface area contributed by atoms with Crippen LogP contribution in [0.3, 0.4) is 0 Å². The van der Waals surface area contributed by atoms with Crippen molar-refractivity contribution in [2.45, 2.75) is 13.5 Å². The Bertz CT molecular complexity index is 1210. The maximum atomic E-state index is 12.8. The number of hydrogen-bond acceptors (Lipinski definition) is 5. The maximum absolute atomic E-state index is 12.8. The molecule has 31 heavy (non-hydrogen) atoms. The van der Waals surface area contributed by atoms with Gasteiger partial charge < -0.3 is 4.42 Å². The van der Waals surface area contributed by atoms with Crippen molar-refractivity contribution in [2.24, 2.45) is 0 Å². The minimum atomic E-state index is -0.435. The Hall–Kier alpha value is -2.80. The van der Waals surface area contributed by atoms with Gasteiger partial charge in [-0.1, -0.05) is 53.5 Å². The van der Waals surface area contributed by atoms with Crippen molar-refractivity contribution in [1.29, 1.82) is 0 Å². The summed E-state index contributed by atoms with van der Waals surface area (Å²) in [5.74, 6) is 0.575. The summed E-state index contributed by atoms with van der Waals surface area (Å²) in [6, 6.07) is 15.5. The molecule has 0 unspecified atom stereocenters. The van der Waals surface area contributed by atoms with Gasteiger partial charge in [0.2, 0.25) is 0 Å². The molecule has 0 atom stereocenters. The van der Waals surface area contributed by atoms with E-state index in [1.807, 2.05) is 0 Å². The van der Waals surface area contributed by atoms with E-state index in [2.05, 4.69) is 0 Å². The normalized spacial score (nSPS) is 15.2. The number of carbonyl (C=O) groups excluding carboxylic acids is 3. The SMILES string of the molecule is CC(=O)c1ccc(-c2ccc(/C=C3/SC(=O)N(Cc4c(Cl)cccc4Cl)C3=O)o2)cc1. The van der Waals surface area contributed by atoms with E-state index in [4.69, 9.17) is 27.6 Å². The molecule has 0 spiro atoms. The number of carbonyl (C=O) groups is 3. The average Bonchev–Trinajstić information content (AvgIpc) is 3.30. The van der Waals surface area contributed by atoms with Gasteiger partial charge in [0.25, 0.3) is 11.1 Å². The minimum Gasteiger partial charge on any atom is -0.457 e. The second-order valence-corrected chi connectivity index (χ2v) is 8.61. The molecule has 2 amide bonds. The highest BCUT2D eigenvalue weighted by molar-refractivity contribution is 8.18. The van der Waals surface area contributed by atoms with Gasteiger partial charge in [-0.25, -0.2) is 0 Å². The smallest absolute Gasteiger partial charge is 0.293 e. The fourth-order valence-corrected chi connectivity index (χ4v) is 4.40. The molecule has 1 saturated heterocycles. The van der Waals surface area contributed by atoms with Crippen molar-refractivity contribution in [3.63, 3.8) is 0 Å². The van der Waals surface area contributed by atoms with Gasteiger partial charge in [-0.05, 0) is 43.0 Å². The van der Waals surface area contributed by atoms with E-state index >= 15 is 0 Å². The summed E-state index contributed by atoms with van der Waals surface area (Å²) in [4.78, 5) is 38.0. The molecule has 2 heterocycles. The summed E-state index contributed by atoms with van der Waals surface area (Å²) in [6.07, 6.45) is 1.53. The molecule has 3 aromatic rings. The zero-order chi connectivity index (χ0) is 22.1. The summed E-state index contributed by atoms with van der Waals surface area (Å²) in [6.45, 7) is 1.50. The lowest BCUT2D eigenvalue weighted by molar-refractivity contribution is -0.123. The first-order valence-corrected chi connectivity index (χ1v) is 10.8. The number of furan rings is 1. The highest BCUT2D eigenvalue weighted by atomic mass is 35.5. The van der Waals surface area contributed by atoms with E-state index in [9.17, 15) is 14.4 Å². The predicted molar refractivity (Wildman–Crippen MR) is 122 cm³/mol. The summed E-state index contributed by atoms with van der Waals surface area (Å²) in [5, 5.41) is 0.378. The lowest BCUT2D eigenvalue weighted by Crippen LogP contribution is -2.27. The standard InChI is InChI=1S/C23H15Cl2NO4S/c1-13(27)14-5-7-15(8-6-14)20-10-9-16(30-20)11-21-22(28)26(23(29)31-21)12-17-18(24)3-2-4-19(17)25/h2-11H,12H2,1H3/b21-11+. The molecule has 8 heteroatoms. The number of nitrogens with zero attached hydrogens (tertiary/aromatic N) is 1. The highest BCUT2D eigenvalue weighted by Gasteiger charge is 2.36. The molecule has 0 N–H and O–H groups in total. The molecule has 0 radical (unpaired) electrons. The van der Waals surface area contributed by atoms with Crippen molar-refractivity contribution in [2.75, 3.05) is 0 Å². The van der Waals surface area contributed by atoms with Crippen LogP contribution in [0.25, 0.3) is 17.4 Å². The van der Waals surface area contributed by atoms with Gasteiger partial charge in [-0.2, -0.15) is 0 Å². The Balaban J connectivity index is 1.54. The Kier molecular flexibility index (Phi) is 6.05. The predicted octanol–water partition coefficient (Wildman–Crippen LogP) is 6.69. The fourth-order valence-electron chi connectivity index (χ4n) is 3.06. The van der Waals surface area contributed by atoms with E-state index in [-0.39, 0.29) is 17.2 Å². The van der Waals surface area contributed by atoms with E-state index < -0.39 is 11.1 Å². The second kappa shape index (κ2) is 8.75. The third-order valence-corrected chi connectivity index (χ3v) is 6.34. The molecule has 0 aliphatic carbocycles. The van der Waals surface area contributed by atoms with Gasteiger partial charge in [0.05, 0.1) is 11.4 Å². The van der Waals surface area contributed by atoms with Gasteiger partial charge >= 0.3 is 0 Å². The first kappa shape index (κ1) is 21.4. The molecule has 156 valence electrons. The number of benzene rings is 2. The molecule has 0 saturated carbocycles. The van der Waals surface area contributed by atoms with Crippen LogP contribution < -0.4 is 0 Å². The molecular formula is C23H15Cl2NO4S. The van der Waals surface area contributed by atoms with E-state index in [0.717, 1.165) is 22.2 Å². The Labute approximate surface area is 192 Å². The van der Waals surface area contributed by atoms with Crippen molar-refractivity contribution in [3.05, 3.63) is 86.4 Å².